The topological polar surface area (TPSA) is 42.7 Å². The van der Waals surface area contributed by atoms with Gasteiger partial charge >= 0.3 is 0 Å². The first kappa shape index (κ1) is 11.2. The second-order valence-electron chi connectivity index (χ2n) is 4.26. The third-order valence-electron chi connectivity index (χ3n) is 2.97. The van der Waals surface area contributed by atoms with Crippen molar-refractivity contribution in [2.24, 2.45) is 7.05 Å². The number of hydrogen-bond donors (Lipinski definition) is 1. The zero-order valence-corrected chi connectivity index (χ0v) is 11.1. The molecule has 0 spiro atoms. The van der Waals surface area contributed by atoms with Crippen molar-refractivity contribution >= 4 is 28.2 Å². The maximum Gasteiger partial charge on any atom is 0.154 e. The first-order chi connectivity index (χ1) is 8.75. The molecule has 0 radical (unpaired) electrons. The summed E-state index contributed by atoms with van der Waals surface area (Å²) in [5, 5.41) is 5.51. The molecular weight excluding hydrogens is 244 g/mol. The van der Waals surface area contributed by atoms with E-state index in [2.05, 4.69) is 39.7 Å². The number of rotatable bonds is 3. The summed E-state index contributed by atoms with van der Waals surface area (Å²) in [5.74, 6) is 0.842. The predicted octanol–water partition coefficient (Wildman–Crippen LogP) is 3.20. The van der Waals surface area contributed by atoms with Crippen molar-refractivity contribution in [2.75, 3.05) is 5.32 Å². The molecular formula is C13H14N4S. The van der Waals surface area contributed by atoms with Crippen LogP contribution < -0.4 is 5.32 Å². The number of nitrogens with zero attached hydrogens (tertiary/aromatic N) is 3. The SMILES string of the molecule is CC(Nc1nccc2c1ncn2C)c1cccs1. The van der Waals surface area contributed by atoms with Crippen molar-refractivity contribution in [3.63, 3.8) is 0 Å². The molecule has 18 heavy (non-hydrogen) atoms. The van der Waals surface area contributed by atoms with Gasteiger partial charge in [-0.15, -0.1) is 11.3 Å². The molecule has 3 rings (SSSR count). The molecule has 0 aromatic carbocycles. The molecule has 0 aliphatic rings. The lowest BCUT2D eigenvalue weighted by atomic mass is 10.2. The van der Waals surface area contributed by atoms with Crippen molar-refractivity contribution in [1.82, 2.24) is 14.5 Å². The first-order valence-corrected chi connectivity index (χ1v) is 6.69. The Bertz CT molecular complexity index is 657. The van der Waals surface area contributed by atoms with Gasteiger partial charge in [0.15, 0.2) is 5.82 Å². The molecule has 1 N–H and O–H groups in total. The molecule has 0 saturated carbocycles. The highest BCUT2D eigenvalue weighted by Crippen LogP contribution is 2.25. The molecule has 0 aliphatic carbocycles. The molecule has 1 atom stereocenters. The van der Waals surface area contributed by atoms with Gasteiger partial charge in [0.25, 0.3) is 0 Å². The van der Waals surface area contributed by atoms with E-state index in [4.69, 9.17) is 0 Å². The third-order valence-corrected chi connectivity index (χ3v) is 4.02. The Morgan fingerprint density at radius 1 is 1.33 bits per heavy atom. The molecule has 4 nitrogen and oxygen atoms in total. The highest BCUT2D eigenvalue weighted by Gasteiger charge is 2.11. The summed E-state index contributed by atoms with van der Waals surface area (Å²) in [7, 11) is 1.99. The molecule has 3 aromatic rings. The quantitative estimate of drug-likeness (QED) is 0.784. The molecule has 0 saturated heterocycles. The zero-order valence-electron chi connectivity index (χ0n) is 10.3. The Morgan fingerprint density at radius 2 is 2.22 bits per heavy atom. The van der Waals surface area contributed by atoms with Gasteiger partial charge in [-0.3, -0.25) is 0 Å². The van der Waals surface area contributed by atoms with Gasteiger partial charge in [-0.25, -0.2) is 9.97 Å². The molecule has 0 fully saturated rings. The van der Waals surface area contributed by atoms with E-state index in [-0.39, 0.29) is 6.04 Å². The minimum absolute atomic E-state index is 0.241. The number of hydrogen-bond acceptors (Lipinski definition) is 4. The number of thiophene rings is 1. The highest BCUT2D eigenvalue weighted by atomic mass is 32.1. The largest absolute Gasteiger partial charge is 0.361 e. The molecule has 3 heterocycles. The third kappa shape index (κ3) is 1.86. The Morgan fingerprint density at radius 3 is 3.00 bits per heavy atom. The number of fused-ring (bicyclic) bond motifs is 1. The average molecular weight is 258 g/mol. The summed E-state index contributed by atoms with van der Waals surface area (Å²) in [6, 6.07) is 6.40. The smallest absolute Gasteiger partial charge is 0.154 e. The van der Waals surface area contributed by atoms with Crippen LogP contribution in [0.2, 0.25) is 0 Å². The molecule has 0 bridgehead atoms. The number of aromatic nitrogens is 3. The van der Waals surface area contributed by atoms with Gasteiger partial charge in [0.1, 0.15) is 5.52 Å². The van der Waals surface area contributed by atoms with E-state index in [1.165, 1.54) is 4.88 Å². The van der Waals surface area contributed by atoms with Crippen molar-refractivity contribution in [3.05, 3.63) is 41.0 Å². The van der Waals surface area contributed by atoms with Crippen LogP contribution in [0.4, 0.5) is 5.82 Å². The number of anilines is 1. The minimum Gasteiger partial charge on any atom is -0.361 e. The van der Waals surface area contributed by atoms with Crippen LogP contribution in [0.25, 0.3) is 11.0 Å². The predicted molar refractivity (Wildman–Crippen MR) is 74.9 cm³/mol. The summed E-state index contributed by atoms with van der Waals surface area (Å²) in [6.07, 6.45) is 3.63. The van der Waals surface area contributed by atoms with Gasteiger partial charge in [0, 0.05) is 18.1 Å². The molecule has 3 aromatic heterocycles. The molecule has 0 aliphatic heterocycles. The van der Waals surface area contributed by atoms with E-state index in [9.17, 15) is 0 Å². The summed E-state index contributed by atoms with van der Waals surface area (Å²) >= 11 is 1.74. The Kier molecular flexibility index (Phi) is 2.76. The van der Waals surface area contributed by atoms with Crippen molar-refractivity contribution in [1.29, 1.82) is 0 Å². The van der Waals surface area contributed by atoms with Crippen LogP contribution in [0.3, 0.4) is 0 Å². The summed E-state index contributed by atoms with van der Waals surface area (Å²) in [5.41, 5.74) is 2.01. The number of pyridine rings is 1. The van der Waals surface area contributed by atoms with Gasteiger partial charge in [-0.2, -0.15) is 0 Å². The van der Waals surface area contributed by atoms with Gasteiger partial charge in [0.2, 0.25) is 0 Å². The van der Waals surface area contributed by atoms with E-state index >= 15 is 0 Å². The van der Waals surface area contributed by atoms with E-state index in [1.54, 1.807) is 11.3 Å². The van der Waals surface area contributed by atoms with E-state index in [0.29, 0.717) is 0 Å². The van der Waals surface area contributed by atoms with Gasteiger partial charge < -0.3 is 9.88 Å². The average Bonchev–Trinajstić information content (AvgIpc) is 3.00. The fourth-order valence-electron chi connectivity index (χ4n) is 1.98. The number of imidazole rings is 1. The van der Waals surface area contributed by atoms with Gasteiger partial charge in [-0.05, 0) is 24.4 Å². The number of nitrogens with one attached hydrogen (secondary N) is 1. The molecule has 1 unspecified atom stereocenters. The maximum absolute atomic E-state index is 4.39. The molecule has 0 amide bonds. The second-order valence-corrected chi connectivity index (χ2v) is 5.24. The summed E-state index contributed by atoms with van der Waals surface area (Å²) < 4.78 is 2.00. The zero-order chi connectivity index (χ0) is 12.5. The van der Waals surface area contributed by atoms with Crippen molar-refractivity contribution in [3.8, 4) is 0 Å². The van der Waals surface area contributed by atoms with Gasteiger partial charge in [0.05, 0.1) is 17.9 Å². The monoisotopic (exact) mass is 258 g/mol. The van der Waals surface area contributed by atoms with Crippen LogP contribution in [0.5, 0.6) is 0 Å². The lowest BCUT2D eigenvalue weighted by Gasteiger charge is -2.13. The van der Waals surface area contributed by atoms with Gasteiger partial charge in [-0.1, -0.05) is 6.07 Å². The maximum atomic E-state index is 4.39. The van der Waals surface area contributed by atoms with Crippen LogP contribution in [0.15, 0.2) is 36.1 Å². The summed E-state index contributed by atoms with van der Waals surface area (Å²) in [4.78, 5) is 10.1. The van der Waals surface area contributed by atoms with E-state index in [0.717, 1.165) is 16.9 Å². The lowest BCUT2D eigenvalue weighted by molar-refractivity contribution is 0.899. The standard InChI is InChI=1S/C13H14N4S/c1-9(11-4-3-7-18-11)16-13-12-10(5-6-14-13)17(2)8-15-12/h3-9H,1-2H3,(H,14,16). The Labute approximate surface area is 109 Å². The minimum atomic E-state index is 0.241. The Hall–Kier alpha value is -1.88. The van der Waals surface area contributed by atoms with E-state index in [1.807, 2.05) is 30.2 Å². The highest BCUT2D eigenvalue weighted by molar-refractivity contribution is 7.10. The molecule has 5 heteroatoms. The molecule has 92 valence electrons. The van der Waals surface area contributed by atoms with Crippen LogP contribution >= 0.6 is 11.3 Å². The number of aryl methyl sites for hydroxylation is 1. The second kappa shape index (κ2) is 4.42. The normalized spacial score (nSPS) is 12.8. The lowest BCUT2D eigenvalue weighted by Crippen LogP contribution is -2.06. The van der Waals surface area contributed by atoms with Crippen LogP contribution in [0.1, 0.15) is 17.8 Å². The Balaban J connectivity index is 1.95. The van der Waals surface area contributed by atoms with Crippen LogP contribution in [-0.2, 0) is 7.05 Å². The fraction of sp³-hybridized carbons (Fsp3) is 0.231. The summed E-state index contributed by atoms with van der Waals surface area (Å²) in [6.45, 7) is 2.13. The van der Waals surface area contributed by atoms with Crippen molar-refractivity contribution in [2.45, 2.75) is 13.0 Å². The first-order valence-electron chi connectivity index (χ1n) is 5.81. The van der Waals surface area contributed by atoms with Crippen molar-refractivity contribution < 1.29 is 0 Å². The fourth-order valence-corrected chi connectivity index (χ4v) is 2.72. The van der Waals surface area contributed by atoms with Crippen LogP contribution in [0, 0.1) is 0 Å². The van der Waals surface area contributed by atoms with E-state index < -0.39 is 0 Å². The van der Waals surface area contributed by atoms with Crippen LogP contribution in [-0.4, -0.2) is 14.5 Å².